The van der Waals surface area contributed by atoms with Crippen molar-refractivity contribution < 1.29 is 4.79 Å². The zero-order valence-electron chi connectivity index (χ0n) is 13.9. The van der Waals surface area contributed by atoms with Crippen molar-refractivity contribution in [2.75, 3.05) is 32.1 Å². The topological polar surface area (TPSA) is 50.2 Å². The number of aromatic nitrogens is 2. The largest absolute Gasteiger partial charge is 0.341 e. The lowest BCUT2D eigenvalue weighted by Crippen LogP contribution is -2.32. The van der Waals surface area contributed by atoms with E-state index in [9.17, 15) is 4.79 Å². The van der Waals surface area contributed by atoms with Gasteiger partial charge in [-0.05, 0) is 19.7 Å². The van der Waals surface area contributed by atoms with Crippen molar-refractivity contribution >= 4 is 17.7 Å². The van der Waals surface area contributed by atoms with Gasteiger partial charge in [-0.15, -0.1) is 0 Å². The van der Waals surface area contributed by atoms with E-state index in [-0.39, 0.29) is 11.9 Å². The van der Waals surface area contributed by atoms with Crippen molar-refractivity contribution in [2.45, 2.75) is 6.04 Å². The van der Waals surface area contributed by atoms with E-state index >= 15 is 0 Å². The fourth-order valence-corrected chi connectivity index (χ4v) is 3.12. The zero-order valence-corrected chi connectivity index (χ0v) is 14.7. The molecule has 0 spiro atoms. The maximum atomic E-state index is 12.3. The summed E-state index contributed by atoms with van der Waals surface area (Å²) in [7, 11) is 6.01. The summed E-state index contributed by atoms with van der Waals surface area (Å²) in [5, 5.41) is 3.11. The number of rotatable bonds is 8. The molecule has 0 aliphatic rings. The molecule has 1 aromatic heterocycles. The first-order valence-corrected chi connectivity index (χ1v) is 8.77. The number of carbonyl (C=O) groups is 1. The van der Waals surface area contributed by atoms with Crippen LogP contribution in [-0.2, 0) is 11.8 Å². The number of nitrogens with one attached hydrogen (secondary N) is 1. The van der Waals surface area contributed by atoms with Gasteiger partial charge < -0.3 is 14.8 Å². The van der Waals surface area contributed by atoms with Crippen LogP contribution in [0.2, 0.25) is 0 Å². The first-order valence-electron chi connectivity index (χ1n) is 7.62. The molecule has 0 fully saturated rings. The van der Waals surface area contributed by atoms with Crippen molar-refractivity contribution in [3.05, 3.63) is 54.1 Å². The maximum Gasteiger partial charge on any atom is 0.230 e. The molecule has 0 aliphatic carbocycles. The first-order chi connectivity index (χ1) is 11.1. The second-order valence-electron chi connectivity index (χ2n) is 5.66. The van der Waals surface area contributed by atoms with Crippen molar-refractivity contribution in [2.24, 2.45) is 7.05 Å². The normalized spacial score (nSPS) is 12.3. The lowest BCUT2D eigenvalue weighted by Gasteiger charge is -2.19. The Kier molecular flexibility index (Phi) is 6.67. The van der Waals surface area contributed by atoms with Crippen LogP contribution in [0.15, 0.2) is 42.7 Å². The van der Waals surface area contributed by atoms with E-state index < -0.39 is 0 Å². The Labute approximate surface area is 142 Å². The minimum Gasteiger partial charge on any atom is -0.341 e. The standard InChI is InChI=1S/C17H24N4OS/c1-20(2)11-12-23-13-15(22)19-16(14-7-5-4-6-8-14)17-18-9-10-21(17)3/h4-10,16H,11-13H2,1-3H3,(H,19,22)/t16-/m0/s1. The Morgan fingerprint density at radius 3 is 2.70 bits per heavy atom. The van der Waals surface area contributed by atoms with Crippen LogP contribution in [0.5, 0.6) is 0 Å². The molecule has 0 saturated carbocycles. The zero-order chi connectivity index (χ0) is 16.7. The van der Waals surface area contributed by atoms with Crippen molar-refractivity contribution in [3.63, 3.8) is 0 Å². The fraction of sp³-hybridized carbons (Fsp3) is 0.412. The van der Waals surface area contributed by atoms with E-state index in [2.05, 4.69) is 15.2 Å². The van der Waals surface area contributed by atoms with E-state index in [1.807, 2.05) is 62.2 Å². The molecule has 1 N–H and O–H groups in total. The second kappa shape index (κ2) is 8.74. The fourth-order valence-electron chi connectivity index (χ4n) is 2.21. The number of nitrogens with zero attached hydrogens (tertiary/aromatic N) is 3. The summed E-state index contributed by atoms with van der Waals surface area (Å²) in [5.41, 5.74) is 1.04. The minimum atomic E-state index is -0.224. The molecular formula is C17H24N4OS. The number of hydrogen-bond donors (Lipinski definition) is 1. The third-order valence-corrected chi connectivity index (χ3v) is 4.41. The molecule has 2 aromatic rings. The van der Waals surface area contributed by atoms with Crippen LogP contribution in [0.1, 0.15) is 17.4 Å². The Balaban J connectivity index is 2.01. The van der Waals surface area contributed by atoms with Crippen LogP contribution in [0.3, 0.4) is 0 Å². The Bertz CT molecular complexity index is 612. The van der Waals surface area contributed by atoms with Crippen LogP contribution >= 0.6 is 11.8 Å². The average molecular weight is 332 g/mol. The molecular weight excluding hydrogens is 308 g/mol. The lowest BCUT2D eigenvalue weighted by atomic mass is 10.1. The van der Waals surface area contributed by atoms with E-state index in [1.165, 1.54) is 0 Å². The molecule has 1 amide bonds. The highest BCUT2D eigenvalue weighted by Crippen LogP contribution is 2.20. The molecule has 0 bridgehead atoms. The summed E-state index contributed by atoms with van der Waals surface area (Å²) < 4.78 is 1.94. The van der Waals surface area contributed by atoms with E-state index in [1.54, 1.807) is 18.0 Å². The molecule has 6 heteroatoms. The highest BCUT2D eigenvalue weighted by molar-refractivity contribution is 7.99. The number of thioether (sulfide) groups is 1. The predicted molar refractivity (Wildman–Crippen MR) is 95.5 cm³/mol. The Hall–Kier alpha value is -1.79. The van der Waals surface area contributed by atoms with Gasteiger partial charge in [-0.3, -0.25) is 4.79 Å². The number of benzene rings is 1. The van der Waals surface area contributed by atoms with E-state index in [0.29, 0.717) is 5.75 Å². The van der Waals surface area contributed by atoms with Crippen molar-refractivity contribution in [1.82, 2.24) is 19.8 Å². The number of carbonyl (C=O) groups excluding carboxylic acids is 1. The minimum absolute atomic E-state index is 0.0330. The van der Waals surface area contributed by atoms with Crippen LogP contribution in [0.4, 0.5) is 0 Å². The quantitative estimate of drug-likeness (QED) is 0.751. The molecule has 1 heterocycles. The monoisotopic (exact) mass is 332 g/mol. The predicted octanol–water partition coefficient (Wildman–Crippen LogP) is 1.92. The van der Waals surface area contributed by atoms with Gasteiger partial charge in [0.15, 0.2) is 0 Å². The summed E-state index contributed by atoms with van der Waals surface area (Å²) in [6.45, 7) is 0.972. The van der Waals surface area contributed by atoms with Crippen LogP contribution in [0, 0.1) is 0 Å². The van der Waals surface area contributed by atoms with E-state index in [0.717, 1.165) is 23.7 Å². The number of aryl methyl sites for hydroxylation is 1. The second-order valence-corrected chi connectivity index (χ2v) is 6.77. The number of amides is 1. The summed E-state index contributed by atoms with van der Waals surface area (Å²) in [6.07, 6.45) is 3.65. The van der Waals surface area contributed by atoms with Crippen LogP contribution < -0.4 is 5.32 Å². The molecule has 0 unspecified atom stereocenters. The lowest BCUT2D eigenvalue weighted by molar-refractivity contribution is -0.119. The summed E-state index contributed by atoms with van der Waals surface area (Å²) in [6, 6.07) is 9.72. The summed E-state index contributed by atoms with van der Waals surface area (Å²) >= 11 is 1.65. The molecule has 124 valence electrons. The summed E-state index contributed by atoms with van der Waals surface area (Å²) in [5.74, 6) is 2.27. The Morgan fingerprint density at radius 1 is 1.35 bits per heavy atom. The first kappa shape index (κ1) is 17.6. The van der Waals surface area contributed by atoms with Gasteiger partial charge in [0.2, 0.25) is 5.91 Å². The molecule has 1 aromatic carbocycles. The molecule has 5 nitrogen and oxygen atoms in total. The van der Waals surface area contributed by atoms with Crippen molar-refractivity contribution in [3.8, 4) is 0 Å². The molecule has 1 atom stereocenters. The van der Waals surface area contributed by atoms with Gasteiger partial charge in [-0.2, -0.15) is 11.8 Å². The van der Waals surface area contributed by atoms with Crippen LogP contribution in [0.25, 0.3) is 0 Å². The third kappa shape index (κ3) is 5.41. The van der Waals surface area contributed by atoms with Gasteiger partial charge in [-0.1, -0.05) is 30.3 Å². The smallest absolute Gasteiger partial charge is 0.230 e. The molecule has 2 rings (SSSR count). The van der Waals surface area contributed by atoms with Gasteiger partial charge in [0.25, 0.3) is 0 Å². The van der Waals surface area contributed by atoms with Gasteiger partial charge >= 0.3 is 0 Å². The maximum absolute atomic E-state index is 12.3. The van der Waals surface area contributed by atoms with Gasteiger partial charge in [0, 0.05) is 31.7 Å². The van der Waals surface area contributed by atoms with Gasteiger partial charge in [0.1, 0.15) is 11.9 Å². The Morgan fingerprint density at radius 2 is 2.09 bits per heavy atom. The SMILES string of the molecule is CN(C)CCSCC(=O)N[C@@H](c1ccccc1)c1nccn1C. The van der Waals surface area contributed by atoms with Crippen molar-refractivity contribution in [1.29, 1.82) is 0 Å². The highest BCUT2D eigenvalue weighted by Gasteiger charge is 2.20. The highest BCUT2D eigenvalue weighted by atomic mass is 32.2. The number of imidazole rings is 1. The average Bonchev–Trinajstić information content (AvgIpc) is 2.96. The van der Waals surface area contributed by atoms with E-state index in [4.69, 9.17) is 0 Å². The third-order valence-electron chi connectivity index (χ3n) is 3.47. The molecule has 23 heavy (non-hydrogen) atoms. The van der Waals surface area contributed by atoms with Crippen LogP contribution in [-0.4, -0.2) is 52.5 Å². The molecule has 0 radical (unpaired) electrons. The molecule has 0 aliphatic heterocycles. The van der Waals surface area contributed by atoms with Gasteiger partial charge in [-0.25, -0.2) is 4.98 Å². The summed E-state index contributed by atoms with van der Waals surface area (Å²) in [4.78, 5) is 18.8. The van der Waals surface area contributed by atoms with Gasteiger partial charge in [0.05, 0.1) is 5.75 Å². The molecule has 0 saturated heterocycles. The number of hydrogen-bond acceptors (Lipinski definition) is 4.